The maximum atomic E-state index is 5.88. The van der Waals surface area contributed by atoms with Gasteiger partial charge in [0.1, 0.15) is 5.82 Å². The van der Waals surface area contributed by atoms with E-state index in [1.54, 1.807) is 20.4 Å². The van der Waals surface area contributed by atoms with Gasteiger partial charge in [0.15, 0.2) is 11.5 Å². The summed E-state index contributed by atoms with van der Waals surface area (Å²) >= 11 is 3.50. The van der Waals surface area contributed by atoms with E-state index in [-0.39, 0.29) is 0 Å². The van der Waals surface area contributed by atoms with Crippen molar-refractivity contribution >= 4 is 21.7 Å². The van der Waals surface area contributed by atoms with Gasteiger partial charge in [-0.1, -0.05) is 15.9 Å². The van der Waals surface area contributed by atoms with Crippen LogP contribution in [-0.2, 0) is 0 Å². The highest BCUT2D eigenvalue weighted by molar-refractivity contribution is 9.10. The summed E-state index contributed by atoms with van der Waals surface area (Å²) in [4.78, 5) is 0. The molecule has 0 atom stereocenters. The third-order valence-corrected chi connectivity index (χ3v) is 3.63. The predicted octanol–water partition coefficient (Wildman–Crippen LogP) is 2.75. The molecule has 0 fully saturated rings. The summed E-state index contributed by atoms with van der Waals surface area (Å²) in [5.74, 6) is 1.79. The predicted molar refractivity (Wildman–Crippen MR) is 74.0 cm³/mol. The Labute approximate surface area is 113 Å². The van der Waals surface area contributed by atoms with Gasteiger partial charge in [0.25, 0.3) is 0 Å². The minimum atomic E-state index is 0.497. The first kappa shape index (κ1) is 12.8. The number of methoxy groups -OCH3 is 2. The minimum absolute atomic E-state index is 0.497. The number of rotatable bonds is 3. The van der Waals surface area contributed by atoms with Crippen LogP contribution in [-0.4, -0.2) is 24.4 Å². The van der Waals surface area contributed by atoms with Gasteiger partial charge in [-0.2, -0.15) is 5.10 Å². The Morgan fingerprint density at radius 3 is 2.56 bits per heavy atom. The molecule has 0 unspecified atom stereocenters. The molecule has 1 aromatic heterocycles. The van der Waals surface area contributed by atoms with Crippen molar-refractivity contribution in [2.24, 2.45) is 0 Å². The highest BCUT2D eigenvalue weighted by Gasteiger charge is 2.20. The van der Waals surface area contributed by atoms with Crippen molar-refractivity contribution in [3.8, 4) is 22.6 Å². The van der Waals surface area contributed by atoms with Crippen molar-refractivity contribution in [2.75, 3.05) is 20.0 Å². The highest BCUT2D eigenvalue weighted by Crippen LogP contribution is 2.44. The van der Waals surface area contributed by atoms with Gasteiger partial charge in [-0.05, 0) is 18.6 Å². The summed E-state index contributed by atoms with van der Waals surface area (Å²) in [5, 5.41) is 6.66. The molecule has 1 aromatic carbocycles. The Morgan fingerprint density at radius 1 is 1.33 bits per heavy atom. The molecule has 0 saturated carbocycles. The Kier molecular flexibility index (Phi) is 3.47. The number of hydrogen-bond donors (Lipinski definition) is 2. The molecule has 2 aromatic rings. The zero-order valence-electron chi connectivity index (χ0n) is 10.4. The lowest BCUT2D eigenvalue weighted by Crippen LogP contribution is -1.98. The fourth-order valence-electron chi connectivity index (χ4n) is 1.88. The van der Waals surface area contributed by atoms with Crippen LogP contribution < -0.4 is 15.2 Å². The molecule has 2 rings (SSSR count). The van der Waals surface area contributed by atoms with Crippen LogP contribution in [0.5, 0.6) is 11.5 Å². The largest absolute Gasteiger partial charge is 0.493 e. The topological polar surface area (TPSA) is 73.2 Å². The summed E-state index contributed by atoms with van der Waals surface area (Å²) in [7, 11) is 3.20. The number of nitrogens with two attached hydrogens (primary N) is 1. The second-order valence-electron chi connectivity index (χ2n) is 3.79. The number of nitrogens with zero attached hydrogens (tertiary/aromatic N) is 1. The second-order valence-corrected chi connectivity index (χ2v) is 4.65. The molecular formula is C12H14BrN3O2. The average Bonchev–Trinajstić information content (AvgIpc) is 2.78. The quantitative estimate of drug-likeness (QED) is 0.914. The molecule has 0 aliphatic heterocycles. The summed E-state index contributed by atoms with van der Waals surface area (Å²) < 4.78 is 11.7. The molecule has 18 heavy (non-hydrogen) atoms. The molecule has 5 nitrogen and oxygen atoms in total. The van der Waals surface area contributed by atoms with Gasteiger partial charge in [0.05, 0.1) is 20.4 Å². The number of nitrogens with one attached hydrogen (secondary N) is 1. The first-order valence-electron chi connectivity index (χ1n) is 5.30. The molecule has 0 bridgehead atoms. The van der Waals surface area contributed by atoms with E-state index < -0.39 is 0 Å². The Bertz CT molecular complexity index is 581. The molecule has 0 saturated heterocycles. The van der Waals surface area contributed by atoms with Crippen molar-refractivity contribution in [3.63, 3.8) is 0 Å². The minimum Gasteiger partial charge on any atom is -0.493 e. The summed E-state index contributed by atoms with van der Waals surface area (Å²) in [6, 6.07) is 1.87. The van der Waals surface area contributed by atoms with Crippen LogP contribution in [0.15, 0.2) is 16.7 Å². The second kappa shape index (κ2) is 4.89. The van der Waals surface area contributed by atoms with Gasteiger partial charge in [0.2, 0.25) is 0 Å². The van der Waals surface area contributed by atoms with Gasteiger partial charge < -0.3 is 15.2 Å². The molecule has 3 N–H and O–H groups in total. The van der Waals surface area contributed by atoms with Gasteiger partial charge >= 0.3 is 0 Å². The fourth-order valence-corrected chi connectivity index (χ4v) is 2.28. The van der Waals surface area contributed by atoms with Crippen molar-refractivity contribution in [3.05, 3.63) is 22.3 Å². The maximum Gasteiger partial charge on any atom is 0.169 e. The van der Waals surface area contributed by atoms with Crippen LogP contribution >= 0.6 is 15.9 Å². The zero-order valence-corrected chi connectivity index (χ0v) is 12.0. The first-order chi connectivity index (χ1) is 8.60. The number of benzene rings is 1. The summed E-state index contributed by atoms with van der Waals surface area (Å²) in [6.07, 6.45) is 1.67. The molecule has 96 valence electrons. The lowest BCUT2D eigenvalue weighted by molar-refractivity contribution is 0.355. The van der Waals surface area contributed by atoms with E-state index in [1.807, 2.05) is 13.0 Å². The lowest BCUT2D eigenvalue weighted by Gasteiger charge is -2.16. The van der Waals surface area contributed by atoms with E-state index in [0.717, 1.165) is 21.2 Å². The standard InChI is InChI=1S/C12H14BrN3O2/c1-6-8(13)4-9(17-2)11(18-3)10(6)7-5-15-16-12(7)14/h4-5H,1-3H3,(H3,14,15,16). The molecule has 1 heterocycles. The number of aromatic nitrogens is 2. The van der Waals surface area contributed by atoms with Crippen molar-refractivity contribution in [2.45, 2.75) is 6.92 Å². The van der Waals surface area contributed by atoms with E-state index in [4.69, 9.17) is 15.2 Å². The number of anilines is 1. The van der Waals surface area contributed by atoms with Crippen LogP contribution in [0.3, 0.4) is 0 Å². The number of halogens is 1. The molecule has 0 aliphatic rings. The Hall–Kier alpha value is -1.69. The van der Waals surface area contributed by atoms with E-state index in [2.05, 4.69) is 26.1 Å². The van der Waals surface area contributed by atoms with E-state index in [1.165, 1.54) is 0 Å². The maximum absolute atomic E-state index is 5.88. The monoisotopic (exact) mass is 311 g/mol. The first-order valence-corrected chi connectivity index (χ1v) is 6.09. The SMILES string of the molecule is COc1cc(Br)c(C)c(-c2cn[nH]c2N)c1OC. The third-order valence-electron chi connectivity index (χ3n) is 2.80. The van der Waals surface area contributed by atoms with Crippen molar-refractivity contribution in [1.29, 1.82) is 0 Å². The summed E-state index contributed by atoms with van der Waals surface area (Å²) in [5.41, 5.74) is 8.56. The number of H-pyrrole nitrogens is 1. The number of ether oxygens (including phenoxy) is 2. The van der Waals surface area contributed by atoms with Gasteiger partial charge in [0, 0.05) is 15.6 Å². The number of aromatic amines is 1. The number of nitrogen functional groups attached to an aromatic ring is 1. The average molecular weight is 312 g/mol. The molecular weight excluding hydrogens is 298 g/mol. The molecule has 6 heteroatoms. The van der Waals surface area contributed by atoms with E-state index in [9.17, 15) is 0 Å². The molecule has 0 aliphatic carbocycles. The highest BCUT2D eigenvalue weighted by atomic mass is 79.9. The summed E-state index contributed by atoms with van der Waals surface area (Å²) in [6.45, 7) is 1.98. The van der Waals surface area contributed by atoms with Crippen LogP contribution in [0.25, 0.3) is 11.1 Å². The Morgan fingerprint density at radius 2 is 2.06 bits per heavy atom. The van der Waals surface area contributed by atoms with Gasteiger partial charge in [-0.3, -0.25) is 5.10 Å². The van der Waals surface area contributed by atoms with Gasteiger partial charge in [-0.15, -0.1) is 0 Å². The van der Waals surface area contributed by atoms with Crippen LogP contribution in [0.4, 0.5) is 5.82 Å². The van der Waals surface area contributed by atoms with Gasteiger partial charge in [-0.25, -0.2) is 0 Å². The van der Waals surface area contributed by atoms with E-state index >= 15 is 0 Å². The van der Waals surface area contributed by atoms with E-state index in [0.29, 0.717) is 17.3 Å². The molecule has 0 radical (unpaired) electrons. The zero-order chi connectivity index (χ0) is 13.3. The Balaban J connectivity index is 2.79. The number of hydrogen-bond acceptors (Lipinski definition) is 4. The molecule has 0 amide bonds. The van der Waals surface area contributed by atoms with Crippen molar-refractivity contribution < 1.29 is 9.47 Å². The normalized spacial score (nSPS) is 10.4. The third kappa shape index (κ3) is 1.92. The van der Waals surface area contributed by atoms with Crippen molar-refractivity contribution in [1.82, 2.24) is 10.2 Å². The van der Waals surface area contributed by atoms with Crippen LogP contribution in [0.1, 0.15) is 5.56 Å². The smallest absolute Gasteiger partial charge is 0.169 e. The van der Waals surface area contributed by atoms with Crippen LogP contribution in [0, 0.1) is 6.92 Å². The fraction of sp³-hybridized carbons (Fsp3) is 0.250. The molecule has 0 spiro atoms. The lowest BCUT2D eigenvalue weighted by atomic mass is 10.0. The van der Waals surface area contributed by atoms with Crippen LogP contribution in [0.2, 0.25) is 0 Å².